The van der Waals surface area contributed by atoms with Gasteiger partial charge in [0.15, 0.2) is 5.78 Å². The molecule has 0 spiro atoms. The molecule has 5 heteroatoms. The first kappa shape index (κ1) is 13.2. The minimum Gasteiger partial charge on any atom is -0.321 e. The molecule has 21 heavy (non-hydrogen) atoms. The Kier molecular flexibility index (Phi) is 3.10. The Balaban J connectivity index is 2.03. The number of nitrogens with one attached hydrogen (secondary N) is 1. The van der Waals surface area contributed by atoms with Gasteiger partial charge in [0.05, 0.1) is 16.8 Å². The van der Waals surface area contributed by atoms with Crippen LogP contribution in [0.2, 0.25) is 0 Å². The van der Waals surface area contributed by atoms with Crippen LogP contribution in [0.4, 0.5) is 14.5 Å². The molecule has 0 aromatic heterocycles. The molecular weight excluding hydrogens is 276 g/mol. The van der Waals surface area contributed by atoms with Crippen LogP contribution in [0.5, 0.6) is 0 Å². The van der Waals surface area contributed by atoms with Crippen LogP contribution in [-0.4, -0.2) is 11.7 Å². The Hall–Kier alpha value is -2.82. The fourth-order valence-electron chi connectivity index (χ4n) is 2.18. The summed E-state index contributed by atoms with van der Waals surface area (Å²) in [5.41, 5.74) is 0.699. The Morgan fingerprint density at radius 2 is 1.86 bits per heavy atom. The number of rotatable bonds is 2. The van der Waals surface area contributed by atoms with E-state index in [1.165, 1.54) is 42.5 Å². The van der Waals surface area contributed by atoms with Crippen molar-refractivity contribution in [1.82, 2.24) is 0 Å². The molecule has 1 N–H and O–H groups in total. The predicted octanol–water partition coefficient (Wildman–Crippen LogP) is 3.18. The lowest BCUT2D eigenvalue weighted by Gasteiger charge is -2.00. The van der Waals surface area contributed by atoms with Crippen LogP contribution < -0.4 is 5.32 Å². The summed E-state index contributed by atoms with van der Waals surface area (Å²) in [6, 6.07) is 9.29. The number of carbonyl (C=O) groups is 2. The highest BCUT2D eigenvalue weighted by atomic mass is 19.1. The molecule has 104 valence electrons. The summed E-state index contributed by atoms with van der Waals surface area (Å²) in [5, 5.41) is 2.47. The van der Waals surface area contributed by atoms with Crippen molar-refractivity contribution in [2.75, 3.05) is 5.32 Å². The van der Waals surface area contributed by atoms with Crippen molar-refractivity contribution < 1.29 is 18.4 Å². The topological polar surface area (TPSA) is 46.2 Å². The van der Waals surface area contributed by atoms with Crippen LogP contribution in [0.3, 0.4) is 0 Å². The minimum atomic E-state index is -0.655. The number of allylic oxidation sites excluding steroid dienone is 1. The smallest absolute Gasteiger partial charge is 0.256 e. The van der Waals surface area contributed by atoms with E-state index in [4.69, 9.17) is 0 Å². The maximum atomic E-state index is 13.6. The zero-order valence-corrected chi connectivity index (χ0v) is 10.7. The van der Waals surface area contributed by atoms with E-state index >= 15 is 0 Å². The van der Waals surface area contributed by atoms with Gasteiger partial charge in [-0.05, 0) is 36.4 Å². The molecule has 1 amide bonds. The molecule has 0 unspecified atom stereocenters. The summed E-state index contributed by atoms with van der Waals surface area (Å²) >= 11 is 0. The molecule has 3 rings (SSSR count). The van der Waals surface area contributed by atoms with Crippen molar-refractivity contribution in [2.24, 2.45) is 0 Å². The van der Waals surface area contributed by atoms with Crippen LogP contribution in [0.15, 0.2) is 48.5 Å². The Morgan fingerprint density at radius 1 is 1.10 bits per heavy atom. The van der Waals surface area contributed by atoms with E-state index < -0.39 is 23.3 Å². The van der Waals surface area contributed by atoms with Gasteiger partial charge in [0.2, 0.25) is 0 Å². The van der Waals surface area contributed by atoms with E-state index in [2.05, 4.69) is 5.32 Å². The van der Waals surface area contributed by atoms with E-state index in [0.717, 1.165) is 6.08 Å². The van der Waals surface area contributed by atoms with Crippen molar-refractivity contribution in [3.8, 4) is 0 Å². The van der Waals surface area contributed by atoms with Gasteiger partial charge in [-0.3, -0.25) is 9.59 Å². The fraction of sp³-hybridized carbons (Fsp3) is 0. The molecule has 0 bridgehead atoms. The molecule has 3 nitrogen and oxygen atoms in total. The molecule has 1 aliphatic rings. The van der Waals surface area contributed by atoms with E-state index in [1.807, 2.05) is 0 Å². The van der Waals surface area contributed by atoms with Gasteiger partial charge in [0.1, 0.15) is 11.6 Å². The highest BCUT2D eigenvalue weighted by molar-refractivity contribution is 6.35. The van der Waals surface area contributed by atoms with Crippen molar-refractivity contribution in [2.45, 2.75) is 0 Å². The maximum Gasteiger partial charge on any atom is 0.256 e. The Morgan fingerprint density at radius 3 is 2.62 bits per heavy atom. The molecule has 2 aromatic carbocycles. The first-order valence-corrected chi connectivity index (χ1v) is 6.18. The number of carbonyl (C=O) groups excluding carboxylic acids is 2. The third-order valence-corrected chi connectivity index (χ3v) is 3.18. The summed E-state index contributed by atoms with van der Waals surface area (Å²) in [4.78, 5) is 23.9. The Bertz CT molecular complexity index is 797. The number of benzene rings is 2. The summed E-state index contributed by atoms with van der Waals surface area (Å²) in [7, 11) is 0. The molecule has 0 saturated heterocycles. The molecule has 0 saturated carbocycles. The summed E-state index contributed by atoms with van der Waals surface area (Å²) < 4.78 is 26.7. The van der Waals surface area contributed by atoms with Gasteiger partial charge in [-0.25, -0.2) is 8.78 Å². The molecule has 0 fully saturated rings. The molecule has 0 atom stereocenters. The lowest BCUT2D eigenvalue weighted by atomic mass is 10.0. The summed E-state index contributed by atoms with van der Waals surface area (Å²) in [6.45, 7) is 0. The monoisotopic (exact) mass is 285 g/mol. The second-order valence-electron chi connectivity index (χ2n) is 4.55. The number of amides is 1. The number of anilines is 1. The molecule has 0 radical (unpaired) electrons. The quantitative estimate of drug-likeness (QED) is 0.680. The third kappa shape index (κ3) is 2.33. The van der Waals surface area contributed by atoms with Crippen LogP contribution in [0.25, 0.3) is 5.57 Å². The van der Waals surface area contributed by atoms with Gasteiger partial charge >= 0.3 is 0 Å². The summed E-state index contributed by atoms with van der Waals surface area (Å²) in [5.74, 6) is -2.27. The standard InChI is InChI=1S/C16H9F2NO2/c17-9-5-6-10-12(16(21)19-14(10)7-9)8-15(20)11-3-1-2-4-13(11)18/h1-8H,(H,19,21). The second-order valence-corrected chi connectivity index (χ2v) is 4.55. The fourth-order valence-corrected chi connectivity index (χ4v) is 2.18. The molecule has 1 heterocycles. The highest BCUT2D eigenvalue weighted by Crippen LogP contribution is 2.32. The zero-order valence-electron chi connectivity index (χ0n) is 10.7. The molecule has 0 aliphatic carbocycles. The van der Waals surface area contributed by atoms with Crippen LogP contribution in [-0.2, 0) is 4.79 Å². The van der Waals surface area contributed by atoms with Gasteiger partial charge in [-0.1, -0.05) is 12.1 Å². The predicted molar refractivity (Wildman–Crippen MR) is 73.7 cm³/mol. The van der Waals surface area contributed by atoms with Crippen LogP contribution >= 0.6 is 0 Å². The van der Waals surface area contributed by atoms with Crippen molar-refractivity contribution in [1.29, 1.82) is 0 Å². The van der Waals surface area contributed by atoms with Gasteiger partial charge < -0.3 is 5.32 Å². The summed E-state index contributed by atoms with van der Waals surface area (Å²) in [6.07, 6.45) is 1.07. The van der Waals surface area contributed by atoms with E-state index in [-0.39, 0.29) is 11.1 Å². The average molecular weight is 285 g/mol. The van der Waals surface area contributed by atoms with Gasteiger partial charge in [-0.15, -0.1) is 0 Å². The third-order valence-electron chi connectivity index (χ3n) is 3.18. The van der Waals surface area contributed by atoms with Crippen LogP contribution in [0.1, 0.15) is 15.9 Å². The number of hydrogen-bond acceptors (Lipinski definition) is 2. The maximum absolute atomic E-state index is 13.6. The SMILES string of the molecule is O=C1Nc2cc(F)ccc2C1=CC(=O)c1ccccc1F. The number of ketones is 1. The molecular formula is C16H9F2NO2. The Labute approximate surface area is 118 Å². The van der Waals surface area contributed by atoms with Gasteiger partial charge in [0.25, 0.3) is 5.91 Å². The first-order chi connectivity index (χ1) is 10.1. The van der Waals surface area contributed by atoms with Crippen molar-refractivity contribution in [3.63, 3.8) is 0 Å². The minimum absolute atomic E-state index is 0.0956. The molecule has 1 aliphatic heterocycles. The average Bonchev–Trinajstić information content (AvgIpc) is 2.74. The molecule has 2 aromatic rings. The highest BCUT2D eigenvalue weighted by Gasteiger charge is 2.25. The van der Waals surface area contributed by atoms with Crippen molar-refractivity contribution in [3.05, 3.63) is 71.3 Å². The number of hydrogen-bond donors (Lipinski definition) is 1. The van der Waals surface area contributed by atoms with Crippen molar-refractivity contribution >= 4 is 23.0 Å². The number of halogens is 2. The normalized spacial score (nSPS) is 15.0. The lowest BCUT2D eigenvalue weighted by Crippen LogP contribution is -2.06. The van der Waals surface area contributed by atoms with Gasteiger partial charge in [-0.2, -0.15) is 0 Å². The lowest BCUT2D eigenvalue weighted by molar-refractivity contribution is -0.110. The first-order valence-electron chi connectivity index (χ1n) is 6.18. The van der Waals surface area contributed by atoms with E-state index in [9.17, 15) is 18.4 Å². The van der Waals surface area contributed by atoms with E-state index in [1.54, 1.807) is 0 Å². The largest absolute Gasteiger partial charge is 0.321 e. The second kappa shape index (κ2) is 4.94. The van der Waals surface area contributed by atoms with E-state index in [0.29, 0.717) is 11.3 Å². The van der Waals surface area contributed by atoms with Crippen LogP contribution in [0, 0.1) is 11.6 Å². The number of fused-ring (bicyclic) bond motifs is 1. The zero-order chi connectivity index (χ0) is 15.0. The van der Waals surface area contributed by atoms with Gasteiger partial charge in [0, 0.05) is 5.56 Å².